The van der Waals surface area contributed by atoms with Gasteiger partial charge in [-0.25, -0.2) is 4.79 Å². The summed E-state index contributed by atoms with van der Waals surface area (Å²) in [4.78, 5) is 24.7. The molecule has 1 amide bonds. The van der Waals surface area contributed by atoms with Crippen LogP contribution < -0.4 is 15.8 Å². The average Bonchev–Trinajstić information content (AvgIpc) is 3.29. The highest BCUT2D eigenvalue weighted by molar-refractivity contribution is 5.82. The van der Waals surface area contributed by atoms with Crippen molar-refractivity contribution in [3.05, 3.63) is 39.7 Å². The summed E-state index contributed by atoms with van der Waals surface area (Å²) in [6.45, 7) is 2.85. The third-order valence-electron chi connectivity index (χ3n) is 4.31. The molecule has 0 aliphatic heterocycles. The second-order valence-electron chi connectivity index (χ2n) is 6.57. The second kappa shape index (κ2) is 6.65. The van der Waals surface area contributed by atoms with Crippen LogP contribution in [0.5, 0.6) is 5.75 Å². The lowest BCUT2D eigenvalue weighted by Gasteiger charge is -2.15. The number of fused-ring (bicyclic) bond motifs is 1. The van der Waals surface area contributed by atoms with Crippen molar-refractivity contribution in [1.82, 2.24) is 5.32 Å². The largest absolute Gasteiger partial charge is 0.508 e. The maximum Gasteiger partial charge on any atom is 0.336 e. The number of aromatic hydroxyl groups is 1. The topological polar surface area (TPSA) is 84.0 Å². The minimum Gasteiger partial charge on any atom is -0.508 e. The van der Waals surface area contributed by atoms with Crippen molar-refractivity contribution in [2.24, 2.45) is 0 Å². The van der Waals surface area contributed by atoms with Gasteiger partial charge >= 0.3 is 5.63 Å². The van der Waals surface area contributed by atoms with Crippen molar-refractivity contribution in [3.63, 3.8) is 0 Å². The Morgan fingerprint density at radius 1 is 1.33 bits per heavy atom. The van der Waals surface area contributed by atoms with E-state index >= 15 is 0 Å². The maximum atomic E-state index is 11.9. The van der Waals surface area contributed by atoms with Crippen LogP contribution in [0.1, 0.15) is 30.9 Å². The van der Waals surface area contributed by atoms with Gasteiger partial charge in [-0.3, -0.25) is 4.79 Å². The molecule has 1 fully saturated rings. The molecule has 0 spiro atoms. The summed E-state index contributed by atoms with van der Waals surface area (Å²) in [5.41, 5.74) is 1.56. The van der Waals surface area contributed by atoms with Crippen LogP contribution >= 0.6 is 0 Å². The summed E-state index contributed by atoms with van der Waals surface area (Å²) >= 11 is 0. The zero-order valence-electron chi connectivity index (χ0n) is 14.0. The zero-order chi connectivity index (χ0) is 17.3. The van der Waals surface area contributed by atoms with Crippen molar-refractivity contribution >= 4 is 16.9 Å². The molecular formula is C18H23N2O4+. The highest BCUT2D eigenvalue weighted by Gasteiger charge is 2.24. The molecule has 3 N–H and O–H groups in total. The summed E-state index contributed by atoms with van der Waals surface area (Å²) < 4.78 is 5.20. The van der Waals surface area contributed by atoms with Crippen molar-refractivity contribution in [2.45, 2.75) is 38.8 Å². The Morgan fingerprint density at radius 2 is 2.08 bits per heavy atom. The SMILES string of the molecule is CCc1cc2c(C[NH+](C)CC(=O)NC3CC3)cc(=O)oc2cc1O. The van der Waals surface area contributed by atoms with Gasteiger partial charge in [0.2, 0.25) is 0 Å². The predicted molar refractivity (Wildman–Crippen MR) is 90.1 cm³/mol. The molecule has 6 heteroatoms. The molecular weight excluding hydrogens is 308 g/mol. The molecule has 0 saturated heterocycles. The van der Waals surface area contributed by atoms with E-state index in [0.29, 0.717) is 31.1 Å². The molecule has 0 bridgehead atoms. The van der Waals surface area contributed by atoms with Crippen molar-refractivity contribution in [1.29, 1.82) is 0 Å². The Hall–Kier alpha value is -2.34. The van der Waals surface area contributed by atoms with Gasteiger partial charge in [0, 0.05) is 29.1 Å². The van der Waals surface area contributed by atoms with Crippen LogP contribution in [-0.4, -0.2) is 30.6 Å². The molecule has 1 aromatic carbocycles. The van der Waals surface area contributed by atoms with Gasteiger partial charge in [-0.1, -0.05) is 6.92 Å². The van der Waals surface area contributed by atoms with Crippen LogP contribution in [0, 0.1) is 0 Å². The standard InChI is InChI=1S/C18H22N2O4/c1-3-11-6-14-12(7-18(23)24-16(14)8-15(11)21)9-20(2)10-17(22)19-13-4-5-13/h6-8,13,21H,3-5,9-10H2,1-2H3,(H,19,22)/p+1. The number of rotatable bonds is 6. The molecule has 1 heterocycles. The first-order chi connectivity index (χ1) is 11.5. The van der Waals surface area contributed by atoms with E-state index in [1.807, 2.05) is 20.0 Å². The zero-order valence-corrected chi connectivity index (χ0v) is 14.0. The number of quaternary nitrogens is 1. The van der Waals surface area contributed by atoms with Crippen molar-refractivity contribution in [3.8, 4) is 5.75 Å². The summed E-state index contributed by atoms with van der Waals surface area (Å²) in [5.74, 6) is 0.170. The minimum atomic E-state index is -0.448. The van der Waals surface area contributed by atoms with Crippen LogP contribution in [0.3, 0.4) is 0 Å². The number of carbonyl (C=O) groups excluding carboxylic acids is 1. The van der Waals surface area contributed by atoms with Gasteiger partial charge in [-0.2, -0.15) is 0 Å². The van der Waals surface area contributed by atoms with Gasteiger partial charge in [-0.15, -0.1) is 0 Å². The van der Waals surface area contributed by atoms with E-state index in [0.717, 1.165) is 34.3 Å². The fourth-order valence-electron chi connectivity index (χ4n) is 2.90. The highest BCUT2D eigenvalue weighted by atomic mass is 16.4. The molecule has 1 saturated carbocycles. The molecule has 1 atom stereocenters. The highest BCUT2D eigenvalue weighted by Crippen LogP contribution is 2.26. The maximum absolute atomic E-state index is 11.9. The van der Waals surface area contributed by atoms with E-state index in [-0.39, 0.29) is 11.7 Å². The quantitative estimate of drug-likeness (QED) is 0.667. The molecule has 24 heavy (non-hydrogen) atoms. The summed E-state index contributed by atoms with van der Waals surface area (Å²) in [6, 6.07) is 5.18. The number of carbonyl (C=O) groups is 1. The summed E-state index contributed by atoms with van der Waals surface area (Å²) in [7, 11) is 1.92. The molecule has 1 aromatic heterocycles. The molecule has 6 nitrogen and oxygen atoms in total. The Kier molecular flexibility index (Phi) is 4.57. The molecule has 3 rings (SSSR count). The Bertz CT molecular complexity index is 824. The van der Waals surface area contributed by atoms with Crippen molar-refractivity contribution < 1.29 is 19.2 Å². The first-order valence-electron chi connectivity index (χ1n) is 8.35. The van der Waals surface area contributed by atoms with Crippen LogP contribution in [0.2, 0.25) is 0 Å². The fourth-order valence-corrected chi connectivity index (χ4v) is 2.90. The summed E-state index contributed by atoms with van der Waals surface area (Å²) in [5, 5.41) is 13.7. The molecule has 1 aliphatic rings. The van der Waals surface area contributed by atoms with Gasteiger partial charge in [0.15, 0.2) is 6.54 Å². The second-order valence-corrected chi connectivity index (χ2v) is 6.57. The lowest BCUT2D eigenvalue weighted by Crippen LogP contribution is -3.09. The average molecular weight is 331 g/mol. The normalized spacial score (nSPS) is 15.4. The lowest BCUT2D eigenvalue weighted by molar-refractivity contribution is -0.885. The minimum absolute atomic E-state index is 0.0363. The van der Waals surface area contributed by atoms with Crippen LogP contribution in [-0.2, 0) is 17.8 Å². The number of hydrogen-bond donors (Lipinski definition) is 3. The first kappa shape index (κ1) is 16.5. The first-order valence-corrected chi connectivity index (χ1v) is 8.35. The molecule has 2 aromatic rings. The van der Waals surface area contributed by atoms with Crippen molar-refractivity contribution in [2.75, 3.05) is 13.6 Å². The number of amides is 1. The van der Waals surface area contributed by atoms with Gasteiger partial charge < -0.3 is 19.7 Å². The third kappa shape index (κ3) is 3.76. The van der Waals surface area contributed by atoms with E-state index in [2.05, 4.69) is 5.32 Å². The van der Waals surface area contributed by atoms with Gasteiger partial charge in [0.1, 0.15) is 17.9 Å². The molecule has 1 unspecified atom stereocenters. The number of benzene rings is 1. The Balaban J connectivity index is 1.84. The van der Waals surface area contributed by atoms with E-state index < -0.39 is 5.63 Å². The molecule has 0 radical (unpaired) electrons. The van der Waals surface area contributed by atoms with Crippen LogP contribution in [0.25, 0.3) is 11.0 Å². The van der Waals surface area contributed by atoms with Crippen LogP contribution in [0.15, 0.2) is 27.4 Å². The monoisotopic (exact) mass is 331 g/mol. The number of nitrogens with one attached hydrogen (secondary N) is 2. The van der Waals surface area contributed by atoms with E-state index in [1.54, 1.807) is 0 Å². The van der Waals surface area contributed by atoms with Gasteiger partial charge in [-0.05, 0) is 30.9 Å². The number of hydrogen-bond acceptors (Lipinski definition) is 4. The molecule has 128 valence electrons. The van der Waals surface area contributed by atoms with E-state index in [1.165, 1.54) is 12.1 Å². The Morgan fingerprint density at radius 3 is 2.75 bits per heavy atom. The number of aryl methyl sites for hydroxylation is 1. The third-order valence-corrected chi connectivity index (χ3v) is 4.31. The fraction of sp³-hybridized carbons (Fsp3) is 0.444. The number of likely N-dealkylation sites (N-methyl/N-ethyl adjacent to an activating group) is 1. The number of phenolic OH excluding ortho intramolecular Hbond substituents is 1. The van der Waals surface area contributed by atoms with E-state index in [4.69, 9.17) is 4.42 Å². The van der Waals surface area contributed by atoms with Gasteiger partial charge in [0.05, 0.1) is 7.05 Å². The lowest BCUT2D eigenvalue weighted by atomic mass is 10.0. The summed E-state index contributed by atoms with van der Waals surface area (Å²) in [6.07, 6.45) is 2.82. The van der Waals surface area contributed by atoms with E-state index in [9.17, 15) is 14.7 Å². The Labute approximate surface area is 140 Å². The van der Waals surface area contributed by atoms with Crippen LogP contribution in [0.4, 0.5) is 0 Å². The molecule has 1 aliphatic carbocycles. The predicted octanol–water partition coefficient (Wildman–Crippen LogP) is 0.354. The van der Waals surface area contributed by atoms with Gasteiger partial charge in [0.25, 0.3) is 5.91 Å². The smallest absolute Gasteiger partial charge is 0.336 e. The number of phenols is 1.